The Hall–Kier alpha value is -1.72. The molecule has 1 aromatic carbocycles. The first-order chi connectivity index (χ1) is 10.9. The molecule has 0 radical (unpaired) electrons. The number of hydrogen-bond donors (Lipinski definition) is 2. The van der Waals surface area contributed by atoms with Crippen LogP contribution in [-0.2, 0) is 0 Å². The minimum Gasteiger partial charge on any atom is -0.303 e. The van der Waals surface area contributed by atoms with Crippen LogP contribution in [0.5, 0.6) is 0 Å². The van der Waals surface area contributed by atoms with Gasteiger partial charge in [0.15, 0.2) is 0 Å². The molecule has 4 rings (SSSR count). The number of likely N-dealkylation sites (tertiary alicyclic amines) is 1. The zero-order valence-electron chi connectivity index (χ0n) is 12.8. The van der Waals surface area contributed by atoms with Gasteiger partial charge in [-0.05, 0) is 37.3 Å². The molecule has 2 atom stereocenters. The maximum Gasteiger partial charge on any atom is 0.145 e. The fourth-order valence-corrected chi connectivity index (χ4v) is 3.46. The van der Waals surface area contributed by atoms with Crippen molar-refractivity contribution in [2.24, 2.45) is 5.92 Å². The molecule has 1 saturated heterocycles. The molecule has 2 aliphatic rings. The molecule has 5 nitrogen and oxygen atoms in total. The summed E-state index contributed by atoms with van der Waals surface area (Å²) in [5.41, 5.74) is 1.23. The van der Waals surface area contributed by atoms with Crippen LogP contribution in [0.4, 0.5) is 0 Å². The highest BCUT2D eigenvalue weighted by Crippen LogP contribution is 2.31. The van der Waals surface area contributed by atoms with Crippen LogP contribution in [0.1, 0.15) is 36.7 Å². The van der Waals surface area contributed by atoms with Crippen molar-refractivity contribution in [2.75, 3.05) is 19.6 Å². The van der Waals surface area contributed by atoms with Crippen LogP contribution in [0.25, 0.3) is 0 Å². The summed E-state index contributed by atoms with van der Waals surface area (Å²) in [4.78, 5) is 7.02. The van der Waals surface area contributed by atoms with Gasteiger partial charge in [0.1, 0.15) is 12.2 Å². The molecule has 22 heavy (non-hydrogen) atoms. The van der Waals surface area contributed by atoms with E-state index in [-0.39, 0.29) is 6.04 Å². The van der Waals surface area contributed by atoms with Gasteiger partial charge in [0.05, 0.1) is 6.04 Å². The number of hydrogen-bond acceptors (Lipinski definition) is 4. The van der Waals surface area contributed by atoms with Gasteiger partial charge in [-0.3, -0.25) is 5.10 Å². The SMILES string of the molecule is c1ccc(C(NCC2CCN(C3CC3)C2)c2ncn[nH]2)cc1. The van der Waals surface area contributed by atoms with Crippen molar-refractivity contribution in [3.8, 4) is 0 Å². The van der Waals surface area contributed by atoms with Crippen LogP contribution in [0.3, 0.4) is 0 Å². The quantitative estimate of drug-likeness (QED) is 0.856. The van der Waals surface area contributed by atoms with E-state index in [1.807, 2.05) is 6.07 Å². The van der Waals surface area contributed by atoms with E-state index in [4.69, 9.17) is 0 Å². The molecule has 2 heterocycles. The molecule has 1 aliphatic heterocycles. The summed E-state index contributed by atoms with van der Waals surface area (Å²) >= 11 is 0. The van der Waals surface area contributed by atoms with Crippen molar-refractivity contribution in [1.29, 1.82) is 0 Å². The Morgan fingerprint density at radius 1 is 1.23 bits per heavy atom. The summed E-state index contributed by atoms with van der Waals surface area (Å²) in [6, 6.07) is 11.5. The molecule has 2 aromatic rings. The Labute approximate surface area is 131 Å². The smallest absolute Gasteiger partial charge is 0.145 e. The number of H-pyrrole nitrogens is 1. The molecule has 5 heteroatoms. The molecule has 2 fully saturated rings. The van der Waals surface area contributed by atoms with Gasteiger partial charge < -0.3 is 10.2 Å². The van der Waals surface area contributed by atoms with Gasteiger partial charge >= 0.3 is 0 Å². The van der Waals surface area contributed by atoms with E-state index in [9.17, 15) is 0 Å². The monoisotopic (exact) mass is 297 g/mol. The first-order valence-electron chi connectivity index (χ1n) is 8.28. The zero-order chi connectivity index (χ0) is 14.8. The second-order valence-electron chi connectivity index (χ2n) is 6.50. The van der Waals surface area contributed by atoms with Crippen LogP contribution in [0.2, 0.25) is 0 Å². The predicted octanol–water partition coefficient (Wildman–Crippen LogP) is 1.97. The Kier molecular flexibility index (Phi) is 3.91. The minimum absolute atomic E-state index is 0.0960. The third kappa shape index (κ3) is 3.05. The molecular formula is C17H23N5. The predicted molar refractivity (Wildman–Crippen MR) is 85.4 cm³/mol. The molecule has 2 unspecified atom stereocenters. The van der Waals surface area contributed by atoms with Crippen molar-refractivity contribution in [1.82, 2.24) is 25.4 Å². The van der Waals surface area contributed by atoms with E-state index in [0.717, 1.165) is 24.3 Å². The molecule has 0 bridgehead atoms. The highest BCUT2D eigenvalue weighted by Gasteiger charge is 2.34. The standard InChI is InChI=1S/C17H23N5/c1-2-4-14(5-3-1)16(17-19-12-20-21-17)18-10-13-8-9-22(11-13)15-6-7-15/h1-5,12-13,15-16,18H,6-11H2,(H,19,20,21). The molecule has 116 valence electrons. The Morgan fingerprint density at radius 3 is 2.82 bits per heavy atom. The van der Waals surface area contributed by atoms with Crippen LogP contribution in [-0.4, -0.2) is 45.8 Å². The van der Waals surface area contributed by atoms with Crippen LogP contribution < -0.4 is 5.32 Å². The normalized spacial score (nSPS) is 23.7. The van der Waals surface area contributed by atoms with E-state index < -0.39 is 0 Å². The van der Waals surface area contributed by atoms with Gasteiger partial charge in [-0.25, -0.2) is 4.98 Å². The summed E-state index contributed by atoms with van der Waals surface area (Å²) in [5.74, 6) is 1.64. The number of aromatic nitrogens is 3. The first kappa shape index (κ1) is 13.9. The lowest BCUT2D eigenvalue weighted by atomic mass is 10.0. The molecule has 1 aliphatic carbocycles. The van der Waals surface area contributed by atoms with Crippen molar-refractivity contribution >= 4 is 0 Å². The lowest BCUT2D eigenvalue weighted by Gasteiger charge is -2.20. The van der Waals surface area contributed by atoms with Crippen molar-refractivity contribution in [2.45, 2.75) is 31.3 Å². The van der Waals surface area contributed by atoms with Crippen LogP contribution >= 0.6 is 0 Å². The summed E-state index contributed by atoms with van der Waals surface area (Å²) in [7, 11) is 0. The van der Waals surface area contributed by atoms with Crippen molar-refractivity contribution in [3.05, 3.63) is 48.0 Å². The third-order valence-electron chi connectivity index (χ3n) is 4.83. The summed E-state index contributed by atoms with van der Waals surface area (Å²) in [6.45, 7) is 3.55. The molecule has 2 N–H and O–H groups in total. The highest BCUT2D eigenvalue weighted by atomic mass is 15.2. The lowest BCUT2D eigenvalue weighted by Crippen LogP contribution is -2.31. The summed E-state index contributed by atoms with van der Waals surface area (Å²) in [6.07, 6.45) is 5.70. The molecule has 1 aromatic heterocycles. The van der Waals surface area contributed by atoms with E-state index in [1.165, 1.54) is 37.9 Å². The van der Waals surface area contributed by atoms with E-state index in [1.54, 1.807) is 6.33 Å². The van der Waals surface area contributed by atoms with Crippen LogP contribution in [0.15, 0.2) is 36.7 Å². The van der Waals surface area contributed by atoms with Gasteiger partial charge in [0.2, 0.25) is 0 Å². The van der Waals surface area contributed by atoms with Gasteiger partial charge in [-0.1, -0.05) is 30.3 Å². The van der Waals surface area contributed by atoms with Gasteiger partial charge in [-0.15, -0.1) is 0 Å². The van der Waals surface area contributed by atoms with Crippen molar-refractivity contribution in [3.63, 3.8) is 0 Å². The summed E-state index contributed by atoms with van der Waals surface area (Å²) in [5, 5.41) is 10.7. The Balaban J connectivity index is 1.41. The van der Waals surface area contributed by atoms with E-state index in [2.05, 4.69) is 49.7 Å². The topological polar surface area (TPSA) is 56.8 Å². The fourth-order valence-electron chi connectivity index (χ4n) is 3.46. The second-order valence-corrected chi connectivity index (χ2v) is 6.50. The van der Waals surface area contributed by atoms with Gasteiger partial charge in [-0.2, -0.15) is 5.10 Å². The van der Waals surface area contributed by atoms with Gasteiger partial charge in [0.25, 0.3) is 0 Å². The Morgan fingerprint density at radius 2 is 2.09 bits per heavy atom. The number of aromatic amines is 1. The fraction of sp³-hybridized carbons (Fsp3) is 0.529. The largest absolute Gasteiger partial charge is 0.303 e. The first-order valence-corrected chi connectivity index (χ1v) is 8.28. The number of nitrogens with one attached hydrogen (secondary N) is 2. The van der Waals surface area contributed by atoms with Crippen LogP contribution in [0, 0.1) is 5.92 Å². The van der Waals surface area contributed by atoms with E-state index >= 15 is 0 Å². The zero-order valence-corrected chi connectivity index (χ0v) is 12.8. The molecular weight excluding hydrogens is 274 g/mol. The average Bonchev–Trinajstić information content (AvgIpc) is 3.08. The molecule has 0 spiro atoms. The highest BCUT2D eigenvalue weighted by molar-refractivity contribution is 5.24. The average molecular weight is 297 g/mol. The Bertz CT molecular complexity index is 578. The van der Waals surface area contributed by atoms with Gasteiger partial charge in [0, 0.05) is 19.1 Å². The van der Waals surface area contributed by atoms with E-state index in [0.29, 0.717) is 0 Å². The summed E-state index contributed by atoms with van der Waals surface area (Å²) < 4.78 is 0. The number of benzene rings is 1. The van der Waals surface area contributed by atoms with Crippen molar-refractivity contribution < 1.29 is 0 Å². The number of rotatable bonds is 6. The lowest BCUT2D eigenvalue weighted by molar-refractivity contribution is 0.310. The second kappa shape index (κ2) is 6.18. The minimum atomic E-state index is 0.0960. The third-order valence-corrected chi connectivity index (χ3v) is 4.83. The number of nitrogens with zero attached hydrogens (tertiary/aromatic N) is 3. The maximum absolute atomic E-state index is 4.35. The molecule has 0 amide bonds. The maximum atomic E-state index is 4.35. The molecule has 1 saturated carbocycles.